The Morgan fingerprint density at radius 3 is 2.52 bits per heavy atom. The molecule has 21 heavy (non-hydrogen) atoms. The van der Waals surface area contributed by atoms with Gasteiger partial charge in [-0.15, -0.1) is 11.6 Å². The summed E-state index contributed by atoms with van der Waals surface area (Å²) in [7, 11) is 0. The monoisotopic (exact) mass is 312 g/mol. The molecule has 1 heterocycles. The Balaban J connectivity index is 1.88. The number of benzene rings is 1. The number of carbonyl (C=O) groups is 2. The van der Waals surface area contributed by atoms with Crippen molar-refractivity contribution in [2.45, 2.75) is 31.2 Å². The zero-order chi connectivity index (χ0) is 15.4. The third kappa shape index (κ3) is 3.94. The average molecular weight is 313 g/mol. The van der Waals surface area contributed by atoms with Gasteiger partial charge in [0.2, 0.25) is 5.91 Å². The minimum atomic E-state index is -0.533. The molecular formula is C15H18ClFN2O2. The van der Waals surface area contributed by atoms with E-state index in [4.69, 9.17) is 11.6 Å². The molecule has 0 aliphatic carbocycles. The van der Waals surface area contributed by atoms with Crippen molar-refractivity contribution in [1.82, 2.24) is 10.2 Å². The Bertz CT molecular complexity index is 528. The number of hydrogen-bond donors (Lipinski definition) is 1. The molecule has 114 valence electrons. The zero-order valence-electron chi connectivity index (χ0n) is 11.8. The molecule has 0 saturated carbocycles. The van der Waals surface area contributed by atoms with Crippen molar-refractivity contribution >= 4 is 23.4 Å². The van der Waals surface area contributed by atoms with E-state index >= 15 is 0 Å². The number of hydrogen-bond acceptors (Lipinski definition) is 2. The van der Waals surface area contributed by atoms with Crippen LogP contribution in [0.2, 0.25) is 0 Å². The molecule has 1 N–H and O–H groups in total. The predicted octanol–water partition coefficient (Wildman–Crippen LogP) is 2.17. The van der Waals surface area contributed by atoms with Gasteiger partial charge in [0.05, 0.1) is 5.56 Å². The smallest absolute Gasteiger partial charge is 0.254 e. The van der Waals surface area contributed by atoms with Gasteiger partial charge in [0.15, 0.2) is 0 Å². The van der Waals surface area contributed by atoms with E-state index in [9.17, 15) is 14.0 Å². The van der Waals surface area contributed by atoms with Crippen molar-refractivity contribution in [1.29, 1.82) is 0 Å². The van der Waals surface area contributed by atoms with E-state index in [1.165, 1.54) is 12.1 Å². The number of nitrogens with zero attached hydrogens (tertiary/aromatic N) is 1. The third-order valence-electron chi connectivity index (χ3n) is 3.60. The van der Waals surface area contributed by atoms with Crippen LogP contribution in [-0.2, 0) is 4.79 Å². The minimum absolute atomic E-state index is 0.0467. The van der Waals surface area contributed by atoms with Gasteiger partial charge < -0.3 is 10.2 Å². The molecule has 6 heteroatoms. The molecule has 2 amide bonds. The molecule has 1 aliphatic rings. The van der Waals surface area contributed by atoms with E-state index in [0.29, 0.717) is 25.9 Å². The summed E-state index contributed by atoms with van der Waals surface area (Å²) in [6.45, 7) is 2.76. The van der Waals surface area contributed by atoms with Crippen molar-refractivity contribution in [3.05, 3.63) is 35.6 Å². The summed E-state index contributed by atoms with van der Waals surface area (Å²) < 4.78 is 13.5. The summed E-state index contributed by atoms with van der Waals surface area (Å²) in [6.07, 6.45) is 1.30. The van der Waals surface area contributed by atoms with Gasteiger partial charge in [-0.3, -0.25) is 9.59 Å². The predicted molar refractivity (Wildman–Crippen MR) is 78.8 cm³/mol. The number of amides is 2. The first-order chi connectivity index (χ1) is 9.99. The SMILES string of the molecule is CC(Cl)C(=O)N1CCC(NC(=O)c2ccccc2F)CC1. The summed E-state index contributed by atoms with van der Waals surface area (Å²) in [6, 6.07) is 5.84. The topological polar surface area (TPSA) is 49.4 Å². The molecule has 2 rings (SSSR count). The molecule has 4 nitrogen and oxygen atoms in total. The summed E-state index contributed by atoms with van der Waals surface area (Å²) in [5.41, 5.74) is 0.0467. The molecule has 1 fully saturated rings. The van der Waals surface area contributed by atoms with E-state index in [0.717, 1.165) is 0 Å². The highest BCUT2D eigenvalue weighted by Gasteiger charge is 2.26. The van der Waals surface area contributed by atoms with Gasteiger partial charge in [0.1, 0.15) is 11.2 Å². The van der Waals surface area contributed by atoms with Crippen LogP contribution in [0.15, 0.2) is 24.3 Å². The largest absolute Gasteiger partial charge is 0.349 e. The second-order valence-corrected chi connectivity index (χ2v) is 5.82. The Morgan fingerprint density at radius 1 is 1.33 bits per heavy atom. The van der Waals surface area contributed by atoms with Crippen molar-refractivity contribution in [2.75, 3.05) is 13.1 Å². The first-order valence-electron chi connectivity index (χ1n) is 6.97. The van der Waals surface area contributed by atoms with Crippen LogP contribution in [0.5, 0.6) is 0 Å². The van der Waals surface area contributed by atoms with E-state index in [2.05, 4.69) is 5.32 Å². The van der Waals surface area contributed by atoms with Crippen LogP contribution in [0.1, 0.15) is 30.1 Å². The summed E-state index contributed by atoms with van der Waals surface area (Å²) in [5, 5.41) is 2.28. The molecule has 1 aliphatic heterocycles. The minimum Gasteiger partial charge on any atom is -0.349 e. The maximum Gasteiger partial charge on any atom is 0.254 e. The Kier molecular flexibility index (Phi) is 5.17. The average Bonchev–Trinajstić information content (AvgIpc) is 2.47. The van der Waals surface area contributed by atoms with Gasteiger partial charge in [-0.05, 0) is 31.9 Å². The fourth-order valence-electron chi connectivity index (χ4n) is 2.40. The summed E-state index contributed by atoms with van der Waals surface area (Å²) in [4.78, 5) is 25.5. The van der Waals surface area contributed by atoms with Gasteiger partial charge in [-0.2, -0.15) is 0 Å². The lowest BCUT2D eigenvalue weighted by molar-refractivity contribution is -0.131. The van der Waals surface area contributed by atoms with E-state index < -0.39 is 17.1 Å². The maximum absolute atomic E-state index is 13.5. The van der Waals surface area contributed by atoms with Gasteiger partial charge in [0, 0.05) is 19.1 Å². The van der Waals surface area contributed by atoms with Crippen molar-refractivity contribution in [3.8, 4) is 0 Å². The summed E-state index contributed by atoms with van der Waals surface area (Å²) in [5.74, 6) is -1.03. The van der Waals surface area contributed by atoms with E-state index in [1.807, 2.05) is 0 Å². The number of piperidine rings is 1. The van der Waals surface area contributed by atoms with Crippen LogP contribution in [0, 0.1) is 5.82 Å². The third-order valence-corrected chi connectivity index (χ3v) is 3.79. The van der Waals surface area contributed by atoms with Crippen LogP contribution in [-0.4, -0.2) is 41.2 Å². The normalized spacial score (nSPS) is 17.4. The van der Waals surface area contributed by atoms with Crippen LogP contribution >= 0.6 is 11.6 Å². The highest BCUT2D eigenvalue weighted by molar-refractivity contribution is 6.30. The van der Waals surface area contributed by atoms with E-state index in [-0.39, 0.29) is 17.5 Å². The van der Waals surface area contributed by atoms with Crippen LogP contribution in [0.3, 0.4) is 0 Å². The number of halogens is 2. The first-order valence-corrected chi connectivity index (χ1v) is 7.41. The lowest BCUT2D eigenvalue weighted by Crippen LogP contribution is -2.48. The second kappa shape index (κ2) is 6.89. The molecular weight excluding hydrogens is 295 g/mol. The number of rotatable bonds is 3. The fraction of sp³-hybridized carbons (Fsp3) is 0.467. The quantitative estimate of drug-likeness (QED) is 0.870. The van der Waals surface area contributed by atoms with Crippen LogP contribution < -0.4 is 5.32 Å². The molecule has 1 atom stereocenters. The first kappa shape index (κ1) is 15.8. The Labute approximate surface area is 128 Å². The molecule has 1 aromatic carbocycles. The number of alkyl halides is 1. The highest BCUT2D eigenvalue weighted by atomic mass is 35.5. The molecule has 1 aromatic rings. The molecule has 0 spiro atoms. The standard InChI is InChI=1S/C15H18ClFN2O2/c1-10(16)15(21)19-8-6-11(7-9-19)18-14(20)12-4-2-3-5-13(12)17/h2-5,10-11H,6-9H2,1H3,(H,18,20). The molecule has 0 aromatic heterocycles. The molecule has 0 radical (unpaired) electrons. The Hall–Kier alpha value is -1.62. The van der Waals surface area contributed by atoms with Crippen molar-refractivity contribution in [2.24, 2.45) is 0 Å². The van der Waals surface area contributed by atoms with Gasteiger partial charge in [-0.1, -0.05) is 12.1 Å². The van der Waals surface area contributed by atoms with Gasteiger partial charge in [0.25, 0.3) is 5.91 Å². The zero-order valence-corrected chi connectivity index (χ0v) is 12.6. The second-order valence-electron chi connectivity index (χ2n) is 5.17. The van der Waals surface area contributed by atoms with Crippen molar-refractivity contribution < 1.29 is 14.0 Å². The van der Waals surface area contributed by atoms with Crippen LogP contribution in [0.4, 0.5) is 4.39 Å². The summed E-state index contributed by atoms with van der Waals surface area (Å²) >= 11 is 5.78. The fourth-order valence-corrected chi connectivity index (χ4v) is 2.54. The van der Waals surface area contributed by atoms with Gasteiger partial charge in [-0.25, -0.2) is 4.39 Å². The lowest BCUT2D eigenvalue weighted by Gasteiger charge is -2.33. The van der Waals surface area contributed by atoms with E-state index in [1.54, 1.807) is 24.0 Å². The molecule has 1 saturated heterocycles. The highest BCUT2D eigenvalue weighted by Crippen LogP contribution is 2.14. The molecule has 1 unspecified atom stereocenters. The number of likely N-dealkylation sites (tertiary alicyclic amines) is 1. The van der Waals surface area contributed by atoms with Gasteiger partial charge >= 0.3 is 0 Å². The van der Waals surface area contributed by atoms with Crippen molar-refractivity contribution in [3.63, 3.8) is 0 Å². The Morgan fingerprint density at radius 2 is 1.95 bits per heavy atom. The lowest BCUT2D eigenvalue weighted by atomic mass is 10.0. The van der Waals surface area contributed by atoms with Crippen LogP contribution in [0.25, 0.3) is 0 Å². The number of nitrogens with one attached hydrogen (secondary N) is 1. The maximum atomic E-state index is 13.5. The molecule has 0 bridgehead atoms. The number of carbonyl (C=O) groups excluding carboxylic acids is 2.